The van der Waals surface area contributed by atoms with Gasteiger partial charge in [0.15, 0.2) is 5.69 Å². The second kappa shape index (κ2) is 11.5. The molecule has 2 aromatic heterocycles. The van der Waals surface area contributed by atoms with Crippen molar-refractivity contribution in [2.24, 2.45) is 5.73 Å². The highest BCUT2D eigenvalue weighted by Gasteiger charge is 2.51. The van der Waals surface area contributed by atoms with E-state index in [9.17, 15) is 45.0 Å². The maximum absolute atomic E-state index is 14.3. The number of hydrogen-bond acceptors (Lipinski definition) is 5. The molecule has 1 aliphatic rings. The summed E-state index contributed by atoms with van der Waals surface area (Å²) in [5.41, 5.74) is 1.77. The lowest BCUT2D eigenvalue weighted by Crippen LogP contribution is -2.28. The van der Waals surface area contributed by atoms with Crippen LogP contribution in [0, 0.1) is 17.5 Å². The fourth-order valence-electron chi connectivity index (χ4n) is 4.97. The highest BCUT2D eigenvalue weighted by molar-refractivity contribution is 5.95. The van der Waals surface area contributed by atoms with Crippen LogP contribution in [0.15, 0.2) is 54.7 Å². The van der Waals surface area contributed by atoms with Crippen molar-refractivity contribution in [3.63, 3.8) is 0 Å². The molecule has 0 spiro atoms. The van der Waals surface area contributed by atoms with Gasteiger partial charge in [-0.15, -0.1) is 0 Å². The second-order valence-corrected chi connectivity index (χ2v) is 9.92. The molecule has 0 aliphatic heterocycles. The van der Waals surface area contributed by atoms with Crippen LogP contribution in [-0.2, 0) is 29.9 Å². The number of nitrogens with two attached hydrogens (primary N) is 1. The summed E-state index contributed by atoms with van der Waals surface area (Å²) in [5.74, 6) is -7.57. The summed E-state index contributed by atoms with van der Waals surface area (Å²) in [6.07, 6.45) is -5.83. The van der Waals surface area contributed by atoms with Crippen molar-refractivity contribution in [2.75, 3.05) is 0 Å². The van der Waals surface area contributed by atoms with Gasteiger partial charge in [-0.05, 0) is 54.0 Å². The number of rotatable bonds is 7. The summed E-state index contributed by atoms with van der Waals surface area (Å²) in [6, 6.07) is 8.98. The van der Waals surface area contributed by atoms with E-state index in [1.165, 1.54) is 30.5 Å². The van der Waals surface area contributed by atoms with E-state index in [1.807, 2.05) is 0 Å². The number of fused-ring (bicyclic) bond motifs is 1. The molecule has 0 radical (unpaired) electrons. The van der Waals surface area contributed by atoms with E-state index in [2.05, 4.69) is 15.4 Å². The van der Waals surface area contributed by atoms with Crippen LogP contribution in [0.5, 0.6) is 0 Å². The number of carbonyl (C=O) groups is 1. The number of aromatic nitrogens is 3. The van der Waals surface area contributed by atoms with Gasteiger partial charge in [-0.1, -0.05) is 12.1 Å². The van der Waals surface area contributed by atoms with Crippen molar-refractivity contribution in [3.8, 4) is 11.1 Å². The van der Waals surface area contributed by atoms with Crippen LogP contribution >= 0.6 is 0 Å². The SMILES string of the molecule is NC(O)c1cc(-c2cccnc2C(=Cc2cc(F)cc(F)c2)NC(=O)Cn2nc(C(F)(F)F)c3c2CCC3(F)F)ccc1F. The van der Waals surface area contributed by atoms with E-state index in [4.69, 9.17) is 5.73 Å². The number of alkyl halides is 5. The lowest BCUT2D eigenvalue weighted by atomic mass is 9.98. The van der Waals surface area contributed by atoms with Crippen molar-refractivity contribution in [3.05, 3.63) is 106 Å². The molecule has 7 nitrogen and oxygen atoms in total. The Kier molecular flexibility index (Phi) is 8.03. The molecule has 2 aromatic carbocycles. The monoisotopic (exact) mass is 623 g/mol. The number of amides is 1. The smallest absolute Gasteiger partial charge is 0.374 e. The van der Waals surface area contributed by atoms with Crippen LogP contribution < -0.4 is 11.1 Å². The Morgan fingerprint density at radius 2 is 1.82 bits per heavy atom. The van der Waals surface area contributed by atoms with Crippen LogP contribution in [0.2, 0.25) is 0 Å². The quantitative estimate of drug-likeness (QED) is 0.182. The molecule has 0 fully saturated rings. The molecule has 1 amide bonds. The average Bonchev–Trinajstić information content (AvgIpc) is 3.45. The van der Waals surface area contributed by atoms with Gasteiger partial charge >= 0.3 is 6.18 Å². The molecule has 4 N–H and O–H groups in total. The van der Waals surface area contributed by atoms with E-state index in [0.717, 1.165) is 24.3 Å². The Balaban J connectivity index is 1.58. The van der Waals surface area contributed by atoms with Gasteiger partial charge in [0.1, 0.15) is 30.2 Å². The van der Waals surface area contributed by atoms with E-state index in [0.29, 0.717) is 10.7 Å². The summed E-state index contributed by atoms with van der Waals surface area (Å²) in [4.78, 5) is 17.5. The van der Waals surface area contributed by atoms with Crippen LogP contribution in [0.4, 0.5) is 35.1 Å². The Morgan fingerprint density at radius 1 is 1.11 bits per heavy atom. The molecule has 4 aromatic rings. The summed E-state index contributed by atoms with van der Waals surface area (Å²) in [7, 11) is 0. The molecular formula is C29H21F8N5O2. The van der Waals surface area contributed by atoms with Gasteiger partial charge in [0, 0.05) is 35.5 Å². The van der Waals surface area contributed by atoms with Gasteiger partial charge in [0.25, 0.3) is 5.92 Å². The van der Waals surface area contributed by atoms with Gasteiger partial charge in [-0.3, -0.25) is 14.5 Å². The third-order valence-electron chi connectivity index (χ3n) is 6.82. The fourth-order valence-corrected chi connectivity index (χ4v) is 4.97. The second-order valence-electron chi connectivity index (χ2n) is 9.92. The van der Waals surface area contributed by atoms with Crippen LogP contribution in [0.3, 0.4) is 0 Å². The zero-order chi connectivity index (χ0) is 32.0. The van der Waals surface area contributed by atoms with Crippen LogP contribution in [0.25, 0.3) is 22.9 Å². The molecule has 2 heterocycles. The molecule has 15 heteroatoms. The zero-order valence-electron chi connectivity index (χ0n) is 22.3. The number of pyridine rings is 1. The van der Waals surface area contributed by atoms with Gasteiger partial charge < -0.3 is 16.2 Å². The topological polar surface area (TPSA) is 106 Å². The van der Waals surface area contributed by atoms with Crippen molar-refractivity contribution in [2.45, 2.75) is 37.7 Å². The minimum absolute atomic E-state index is 0.0391. The number of halogens is 8. The molecule has 1 unspecified atom stereocenters. The molecule has 230 valence electrons. The average molecular weight is 624 g/mol. The first-order valence-electron chi connectivity index (χ1n) is 12.9. The summed E-state index contributed by atoms with van der Waals surface area (Å²) in [5, 5.41) is 15.5. The highest BCUT2D eigenvalue weighted by Crippen LogP contribution is 2.47. The molecule has 0 bridgehead atoms. The standard InChI is InChI=1S/C29H21F8N5O2/c30-16-8-14(9-17(31)12-16)10-21(25-18(2-1-7-39-25)15-3-4-20(32)19(11-15)27(38)44)40-23(43)13-42-22-5-6-28(33,34)24(22)26(41-42)29(35,36)37/h1-4,7-12,27,44H,5-6,13,38H2,(H,40,43). The Labute approximate surface area is 243 Å². The van der Waals surface area contributed by atoms with Gasteiger partial charge in [-0.2, -0.15) is 18.3 Å². The predicted octanol–water partition coefficient (Wildman–Crippen LogP) is 5.68. The third-order valence-corrected chi connectivity index (χ3v) is 6.82. The minimum Gasteiger partial charge on any atom is -0.374 e. The zero-order valence-corrected chi connectivity index (χ0v) is 22.3. The molecule has 0 saturated heterocycles. The van der Waals surface area contributed by atoms with Crippen molar-refractivity contribution in [1.82, 2.24) is 20.1 Å². The number of aliphatic hydroxyl groups excluding tert-OH is 1. The number of hydrogen-bond donors (Lipinski definition) is 3. The van der Waals surface area contributed by atoms with Crippen molar-refractivity contribution >= 4 is 17.7 Å². The molecule has 0 saturated carbocycles. The lowest BCUT2D eigenvalue weighted by molar-refractivity contribution is -0.145. The maximum Gasteiger partial charge on any atom is 0.435 e. The minimum atomic E-state index is -5.21. The highest BCUT2D eigenvalue weighted by atomic mass is 19.4. The molecular weight excluding hydrogens is 602 g/mol. The first kappa shape index (κ1) is 30.8. The summed E-state index contributed by atoms with van der Waals surface area (Å²) >= 11 is 0. The molecule has 5 rings (SSSR count). The first-order valence-corrected chi connectivity index (χ1v) is 12.9. The largest absolute Gasteiger partial charge is 0.435 e. The fraction of sp³-hybridized carbons (Fsp3) is 0.207. The summed E-state index contributed by atoms with van der Waals surface area (Å²) < 4.78 is 112. The molecule has 1 aliphatic carbocycles. The van der Waals surface area contributed by atoms with Crippen molar-refractivity contribution in [1.29, 1.82) is 0 Å². The Bertz CT molecular complexity index is 1760. The van der Waals surface area contributed by atoms with Crippen LogP contribution in [0.1, 0.15) is 46.4 Å². The van der Waals surface area contributed by atoms with Gasteiger partial charge in [0.2, 0.25) is 5.91 Å². The van der Waals surface area contributed by atoms with E-state index in [-0.39, 0.29) is 33.6 Å². The Hall–Kier alpha value is -4.63. The Morgan fingerprint density at radius 3 is 2.48 bits per heavy atom. The third kappa shape index (κ3) is 6.19. The first-order chi connectivity index (χ1) is 20.6. The predicted molar refractivity (Wildman–Crippen MR) is 141 cm³/mol. The summed E-state index contributed by atoms with van der Waals surface area (Å²) in [6.45, 7) is -0.925. The van der Waals surface area contributed by atoms with E-state index >= 15 is 0 Å². The maximum atomic E-state index is 14.3. The number of nitrogens with zero attached hydrogens (tertiary/aromatic N) is 3. The number of aliphatic hydroxyl groups is 1. The normalized spacial score (nSPS) is 15.3. The number of nitrogens with one attached hydrogen (secondary N) is 1. The lowest BCUT2D eigenvalue weighted by Gasteiger charge is -2.16. The van der Waals surface area contributed by atoms with Crippen LogP contribution in [-0.4, -0.2) is 25.8 Å². The van der Waals surface area contributed by atoms with E-state index in [1.54, 1.807) is 0 Å². The van der Waals surface area contributed by atoms with Gasteiger partial charge in [-0.25, -0.2) is 22.0 Å². The van der Waals surface area contributed by atoms with E-state index < -0.39 is 78.0 Å². The molecule has 1 atom stereocenters. The van der Waals surface area contributed by atoms with Gasteiger partial charge in [0.05, 0.1) is 17.0 Å². The number of benzene rings is 2. The number of carbonyl (C=O) groups excluding carboxylic acids is 1. The molecule has 44 heavy (non-hydrogen) atoms. The van der Waals surface area contributed by atoms with Crippen molar-refractivity contribution < 1.29 is 45.0 Å².